The topological polar surface area (TPSA) is 80.5 Å². The van der Waals surface area contributed by atoms with E-state index in [9.17, 15) is 14.4 Å². The van der Waals surface area contributed by atoms with Crippen LogP contribution in [0.4, 0.5) is 0 Å². The van der Waals surface area contributed by atoms with Gasteiger partial charge >= 0.3 is 0 Å². The van der Waals surface area contributed by atoms with E-state index in [1.54, 1.807) is 0 Å². The molecule has 1 aliphatic heterocycles. The van der Waals surface area contributed by atoms with E-state index >= 15 is 0 Å². The van der Waals surface area contributed by atoms with Crippen molar-refractivity contribution in [3.05, 3.63) is 11.6 Å². The van der Waals surface area contributed by atoms with Gasteiger partial charge in [-0.3, -0.25) is 19.3 Å². The third-order valence-electron chi connectivity index (χ3n) is 1.50. The van der Waals surface area contributed by atoms with Gasteiger partial charge in [0.25, 0.3) is 11.8 Å². The molecule has 12 heavy (non-hydrogen) atoms. The van der Waals surface area contributed by atoms with Gasteiger partial charge in [0.15, 0.2) is 0 Å². The number of primary amides is 1. The Morgan fingerprint density at radius 1 is 1.58 bits per heavy atom. The largest absolute Gasteiger partial charge is 0.368 e. The number of amides is 3. The summed E-state index contributed by atoms with van der Waals surface area (Å²) in [5.74, 6) is -1.62. The van der Waals surface area contributed by atoms with Gasteiger partial charge in [-0.15, -0.1) is 0 Å². The SMILES string of the molecule is CC1=CC(=O)N(CC(N)=O)C1=O. The summed E-state index contributed by atoms with van der Waals surface area (Å²) in [6.07, 6.45) is 1.19. The zero-order chi connectivity index (χ0) is 9.30. The Morgan fingerprint density at radius 3 is 2.50 bits per heavy atom. The quantitative estimate of drug-likeness (QED) is 0.525. The van der Waals surface area contributed by atoms with Crippen molar-refractivity contribution in [1.29, 1.82) is 0 Å². The van der Waals surface area contributed by atoms with Gasteiger partial charge in [0.2, 0.25) is 5.91 Å². The Morgan fingerprint density at radius 2 is 2.17 bits per heavy atom. The van der Waals surface area contributed by atoms with Crippen LogP contribution in [-0.4, -0.2) is 29.2 Å². The average Bonchev–Trinajstić information content (AvgIpc) is 2.16. The molecule has 0 saturated heterocycles. The maximum atomic E-state index is 11.1. The van der Waals surface area contributed by atoms with E-state index < -0.39 is 17.7 Å². The van der Waals surface area contributed by atoms with Crippen LogP contribution in [0.15, 0.2) is 11.6 Å². The minimum atomic E-state index is -0.695. The summed E-state index contributed by atoms with van der Waals surface area (Å²) in [6, 6.07) is 0. The lowest BCUT2D eigenvalue weighted by molar-refractivity contribution is -0.140. The molecule has 5 nitrogen and oxygen atoms in total. The van der Waals surface area contributed by atoms with Gasteiger partial charge in [-0.1, -0.05) is 0 Å². The molecule has 0 atom stereocenters. The standard InChI is InChI=1S/C7H8N2O3/c1-4-2-6(11)9(7(4)12)3-5(8)10/h2H,3H2,1H3,(H2,8,10). The van der Waals surface area contributed by atoms with Gasteiger partial charge in [-0.25, -0.2) is 0 Å². The average molecular weight is 168 g/mol. The first-order valence-corrected chi connectivity index (χ1v) is 3.35. The molecule has 1 aliphatic rings. The van der Waals surface area contributed by atoms with Crippen molar-refractivity contribution < 1.29 is 14.4 Å². The van der Waals surface area contributed by atoms with E-state index in [1.165, 1.54) is 13.0 Å². The summed E-state index contributed by atoms with van der Waals surface area (Å²) in [6.45, 7) is 1.17. The van der Waals surface area contributed by atoms with Crippen molar-refractivity contribution in [1.82, 2.24) is 4.90 Å². The Kier molecular flexibility index (Phi) is 1.95. The third kappa shape index (κ3) is 1.34. The van der Waals surface area contributed by atoms with Crippen LogP contribution >= 0.6 is 0 Å². The molecule has 0 aliphatic carbocycles. The zero-order valence-corrected chi connectivity index (χ0v) is 6.53. The first kappa shape index (κ1) is 8.45. The predicted octanol–water partition coefficient (Wildman–Crippen LogP) is -1.21. The van der Waals surface area contributed by atoms with Crippen LogP contribution in [0.5, 0.6) is 0 Å². The van der Waals surface area contributed by atoms with Gasteiger partial charge in [-0.2, -0.15) is 0 Å². The zero-order valence-electron chi connectivity index (χ0n) is 6.53. The Bertz CT molecular complexity index is 293. The number of nitrogens with two attached hydrogens (primary N) is 1. The van der Waals surface area contributed by atoms with Gasteiger partial charge in [0.1, 0.15) is 6.54 Å². The molecule has 3 amide bonds. The van der Waals surface area contributed by atoms with Crippen molar-refractivity contribution in [2.75, 3.05) is 6.54 Å². The molecule has 0 unspecified atom stereocenters. The van der Waals surface area contributed by atoms with Crippen LogP contribution in [0.2, 0.25) is 0 Å². The summed E-state index contributed by atoms with van der Waals surface area (Å²) >= 11 is 0. The molecule has 0 radical (unpaired) electrons. The van der Waals surface area contributed by atoms with Crippen molar-refractivity contribution >= 4 is 17.7 Å². The molecule has 0 aromatic heterocycles. The number of carbonyl (C=O) groups is 3. The molecule has 0 saturated carbocycles. The summed E-state index contributed by atoms with van der Waals surface area (Å²) in [4.78, 5) is 33.3. The Balaban J connectivity index is 2.77. The molecule has 5 heteroatoms. The van der Waals surface area contributed by atoms with Crippen molar-refractivity contribution in [3.8, 4) is 0 Å². The monoisotopic (exact) mass is 168 g/mol. The molecule has 1 rings (SSSR count). The minimum Gasteiger partial charge on any atom is -0.368 e. The van der Waals surface area contributed by atoms with Crippen molar-refractivity contribution in [3.63, 3.8) is 0 Å². The van der Waals surface area contributed by atoms with E-state index in [0.29, 0.717) is 5.57 Å². The van der Waals surface area contributed by atoms with E-state index in [1.807, 2.05) is 0 Å². The summed E-state index contributed by atoms with van der Waals surface area (Å²) in [5, 5.41) is 0. The fraction of sp³-hybridized carbons (Fsp3) is 0.286. The molecule has 0 bridgehead atoms. The highest BCUT2D eigenvalue weighted by atomic mass is 16.2. The maximum absolute atomic E-state index is 11.1. The highest BCUT2D eigenvalue weighted by Gasteiger charge is 2.28. The molecule has 0 fully saturated rings. The van der Waals surface area contributed by atoms with Crippen molar-refractivity contribution in [2.24, 2.45) is 5.73 Å². The molecule has 0 aromatic carbocycles. The normalized spacial score (nSPS) is 16.8. The lowest BCUT2D eigenvalue weighted by Gasteiger charge is -2.10. The first-order valence-electron chi connectivity index (χ1n) is 3.35. The lowest BCUT2D eigenvalue weighted by Crippen LogP contribution is -2.38. The van der Waals surface area contributed by atoms with Crippen LogP contribution in [0, 0.1) is 0 Å². The van der Waals surface area contributed by atoms with E-state index in [0.717, 1.165) is 4.90 Å². The Hall–Kier alpha value is -1.65. The molecular weight excluding hydrogens is 160 g/mol. The van der Waals surface area contributed by atoms with Crippen LogP contribution in [0.25, 0.3) is 0 Å². The van der Waals surface area contributed by atoms with Gasteiger partial charge in [-0.05, 0) is 6.92 Å². The highest BCUT2D eigenvalue weighted by Crippen LogP contribution is 2.10. The van der Waals surface area contributed by atoms with E-state index in [-0.39, 0.29) is 6.54 Å². The van der Waals surface area contributed by atoms with Gasteiger partial charge in [0, 0.05) is 11.6 Å². The van der Waals surface area contributed by atoms with Crippen LogP contribution < -0.4 is 5.73 Å². The van der Waals surface area contributed by atoms with Gasteiger partial charge < -0.3 is 5.73 Å². The summed E-state index contributed by atoms with van der Waals surface area (Å²) in [5.41, 5.74) is 5.17. The Labute approximate surface area is 68.8 Å². The summed E-state index contributed by atoms with van der Waals surface area (Å²) < 4.78 is 0. The van der Waals surface area contributed by atoms with Crippen molar-refractivity contribution in [2.45, 2.75) is 6.92 Å². The molecule has 2 N–H and O–H groups in total. The van der Waals surface area contributed by atoms with Crippen LogP contribution in [0.1, 0.15) is 6.92 Å². The molecule has 0 aromatic rings. The second-order valence-corrected chi connectivity index (χ2v) is 2.52. The molecule has 0 spiro atoms. The number of imide groups is 1. The molecular formula is C7H8N2O3. The van der Waals surface area contributed by atoms with E-state index in [2.05, 4.69) is 0 Å². The fourth-order valence-electron chi connectivity index (χ4n) is 0.943. The number of rotatable bonds is 2. The second kappa shape index (κ2) is 2.77. The van der Waals surface area contributed by atoms with E-state index in [4.69, 9.17) is 5.73 Å². The fourth-order valence-corrected chi connectivity index (χ4v) is 0.943. The number of hydrogen-bond acceptors (Lipinski definition) is 3. The summed E-state index contributed by atoms with van der Waals surface area (Å²) in [7, 11) is 0. The second-order valence-electron chi connectivity index (χ2n) is 2.52. The lowest BCUT2D eigenvalue weighted by atomic mass is 10.3. The number of nitrogens with zero attached hydrogens (tertiary/aromatic N) is 1. The van der Waals surface area contributed by atoms with Gasteiger partial charge in [0.05, 0.1) is 0 Å². The minimum absolute atomic E-state index is 0.334. The third-order valence-corrected chi connectivity index (χ3v) is 1.50. The first-order chi connectivity index (χ1) is 5.52. The number of carbonyl (C=O) groups excluding carboxylic acids is 3. The highest BCUT2D eigenvalue weighted by molar-refractivity contribution is 6.17. The smallest absolute Gasteiger partial charge is 0.257 e. The van der Waals surface area contributed by atoms with Crippen LogP contribution in [-0.2, 0) is 14.4 Å². The maximum Gasteiger partial charge on any atom is 0.257 e. The molecule has 1 heterocycles. The molecule has 64 valence electrons. The number of hydrogen-bond donors (Lipinski definition) is 1. The van der Waals surface area contributed by atoms with Crippen LogP contribution in [0.3, 0.4) is 0 Å². The predicted molar refractivity (Wildman–Crippen MR) is 39.7 cm³/mol.